The molecule has 100 valence electrons. The summed E-state index contributed by atoms with van der Waals surface area (Å²) >= 11 is 3.75. The summed E-state index contributed by atoms with van der Waals surface area (Å²) in [6.45, 7) is 1.00. The van der Waals surface area contributed by atoms with Crippen molar-refractivity contribution in [2.24, 2.45) is 5.41 Å². The van der Waals surface area contributed by atoms with Crippen LogP contribution >= 0.6 is 15.9 Å². The molecule has 0 bridgehead atoms. The highest BCUT2D eigenvalue weighted by Crippen LogP contribution is 2.37. The summed E-state index contributed by atoms with van der Waals surface area (Å²) < 4.78 is 6.24. The van der Waals surface area contributed by atoms with E-state index in [0.717, 1.165) is 11.9 Å². The Bertz CT molecular complexity index is 203. The molecule has 0 unspecified atom stereocenters. The highest BCUT2D eigenvalue weighted by Gasteiger charge is 2.31. The zero-order valence-corrected chi connectivity index (χ0v) is 12.6. The van der Waals surface area contributed by atoms with E-state index >= 15 is 0 Å². The third-order valence-electron chi connectivity index (χ3n) is 4.63. The molecule has 2 rings (SSSR count). The van der Waals surface area contributed by atoms with E-state index in [1.165, 1.54) is 70.6 Å². The number of ether oxygens (including phenoxy) is 1. The molecule has 0 heterocycles. The lowest BCUT2D eigenvalue weighted by molar-refractivity contribution is -0.0229. The average Bonchev–Trinajstić information content (AvgIpc) is 2.64. The van der Waals surface area contributed by atoms with Gasteiger partial charge in [-0.25, -0.2) is 0 Å². The van der Waals surface area contributed by atoms with Crippen LogP contribution in [-0.4, -0.2) is 18.0 Å². The van der Waals surface area contributed by atoms with E-state index in [1.807, 2.05) is 0 Å². The summed E-state index contributed by atoms with van der Waals surface area (Å²) in [6, 6.07) is 0. The fraction of sp³-hybridized carbons (Fsp3) is 1.00. The first-order valence-corrected chi connectivity index (χ1v) is 8.64. The molecule has 2 saturated carbocycles. The first kappa shape index (κ1) is 13.9. The lowest BCUT2D eigenvalue weighted by Crippen LogP contribution is -2.31. The topological polar surface area (TPSA) is 9.23 Å². The molecule has 0 saturated heterocycles. The molecule has 2 aliphatic carbocycles. The van der Waals surface area contributed by atoms with Crippen molar-refractivity contribution in [1.82, 2.24) is 0 Å². The van der Waals surface area contributed by atoms with Gasteiger partial charge in [0.15, 0.2) is 0 Å². The molecule has 0 amide bonds. The van der Waals surface area contributed by atoms with Crippen LogP contribution in [0.2, 0.25) is 0 Å². The first-order chi connectivity index (χ1) is 8.35. The minimum atomic E-state index is 0.452. The number of rotatable bonds is 4. The Labute approximate surface area is 115 Å². The predicted octanol–water partition coefficient (Wildman–Crippen LogP) is 5.07. The smallest absolute Gasteiger partial charge is 0.0575 e. The maximum atomic E-state index is 6.24. The molecule has 2 fully saturated rings. The standard InChI is InChI=1S/C15H27BrO/c16-12-15(10-6-1-2-7-11-15)13-17-14-8-4-3-5-9-14/h14H,1-13H2. The van der Waals surface area contributed by atoms with Gasteiger partial charge in [-0.05, 0) is 25.7 Å². The Balaban J connectivity index is 1.80. The van der Waals surface area contributed by atoms with Gasteiger partial charge in [0, 0.05) is 10.7 Å². The fourth-order valence-corrected chi connectivity index (χ4v) is 4.04. The van der Waals surface area contributed by atoms with Gasteiger partial charge in [-0.15, -0.1) is 0 Å². The number of hydrogen-bond donors (Lipinski definition) is 0. The van der Waals surface area contributed by atoms with Gasteiger partial charge >= 0.3 is 0 Å². The number of alkyl halides is 1. The summed E-state index contributed by atoms with van der Waals surface area (Å²) in [5.41, 5.74) is 0.452. The van der Waals surface area contributed by atoms with Crippen LogP contribution in [0.15, 0.2) is 0 Å². The summed E-state index contributed by atoms with van der Waals surface area (Å²) in [6.07, 6.45) is 15.8. The van der Waals surface area contributed by atoms with Crippen molar-refractivity contribution in [3.8, 4) is 0 Å². The lowest BCUT2D eigenvalue weighted by Gasteiger charge is -2.33. The van der Waals surface area contributed by atoms with Gasteiger partial charge in [0.2, 0.25) is 0 Å². The Morgan fingerprint density at radius 2 is 1.47 bits per heavy atom. The third kappa shape index (κ3) is 4.24. The van der Waals surface area contributed by atoms with Gasteiger partial charge in [0.25, 0.3) is 0 Å². The maximum absolute atomic E-state index is 6.24. The van der Waals surface area contributed by atoms with E-state index in [1.54, 1.807) is 0 Å². The van der Waals surface area contributed by atoms with E-state index in [-0.39, 0.29) is 0 Å². The van der Waals surface area contributed by atoms with Crippen molar-refractivity contribution >= 4 is 15.9 Å². The zero-order chi connectivity index (χ0) is 12.0. The van der Waals surface area contributed by atoms with Gasteiger partial charge in [0.05, 0.1) is 12.7 Å². The molecule has 0 radical (unpaired) electrons. The molecule has 0 aromatic heterocycles. The quantitative estimate of drug-likeness (QED) is 0.520. The zero-order valence-electron chi connectivity index (χ0n) is 11.1. The Hall–Kier alpha value is 0.440. The van der Waals surface area contributed by atoms with Crippen molar-refractivity contribution in [2.75, 3.05) is 11.9 Å². The number of halogens is 1. The Morgan fingerprint density at radius 1 is 0.882 bits per heavy atom. The fourth-order valence-electron chi connectivity index (χ4n) is 3.32. The van der Waals surface area contributed by atoms with Crippen LogP contribution in [0.1, 0.15) is 70.6 Å². The van der Waals surface area contributed by atoms with Gasteiger partial charge in [0.1, 0.15) is 0 Å². The maximum Gasteiger partial charge on any atom is 0.0575 e. The van der Waals surface area contributed by atoms with Gasteiger partial charge < -0.3 is 4.74 Å². The summed E-state index contributed by atoms with van der Waals surface area (Å²) in [7, 11) is 0. The SMILES string of the molecule is BrCC1(COC2CCCCC2)CCCCCC1. The summed E-state index contributed by atoms with van der Waals surface area (Å²) in [5, 5.41) is 1.13. The molecule has 0 N–H and O–H groups in total. The normalized spacial score (nSPS) is 26.6. The molecule has 2 aliphatic rings. The number of hydrogen-bond acceptors (Lipinski definition) is 1. The van der Waals surface area contributed by atoms with Crippen LogP contribution in [0.5, 0.6) is 0 Å². The Kier molecular flexibility index (Phi) is 5.82. The minimum absolute atomic E-state index is 0.452. The van der Waals surface area contributed by atoms with Crippen LogP contribution in [0, 0.1) is 5.41 Å². The largest absolute Gasteiger partial charge is 0.378 e. The second-order valence-electron chi connectivity index (χ2n) is 6.12. The van der Waals surface area contributed by atoms with E-state index in [2.05, 4.69) is 15.9 Å². The van der Waals surface area contributed by atoms with Gasteiger partial charge in [-0.1, -0.05) is 60.9 Å². The van der Waals surface area contributed by atoms with E-state index in [4.69, 9.17) is 4.74 Å². The molecular weight excluding hydrogens is 276 g/mol. The van der Waals surface area contributed by atoms with Crippen molar-refractivity contribution in [3.05, 3.63) is 0 Å². The second-order valence-corrected chi connectivity index (χ2v) is 6.68. The first-order valence-electron chi connectivity index (χ1n) is 7.52. The molecule has 0 aliphatic heterocycles. The van der Waals surface area contributed by atoms with Gasteiger partial charge in [-0.3, -0.25) is 0 Å². The van der Waals surface area contributed by atoms with E-state index < -0.39 is 0 Å². The molecule has 0 spiro atoms. The predicted molar refractivity (Wildman–Crippen MR) is 76.8 cm³/mol. The van der Waals surface area contributed by atoms with Gasteiger partial charge in [-0.2, -0.15) is 0 Å². The second kappa shape index (κ2) is 7.13. The summed E-state index contributed by atoms with van der Waals surface area (Å²) in [5.74, 6) is 0. The van der Waals surface area contributed by atoms with Crippen LogP contribution in [0.25, 0.3) is 0 Å². The molecule has 0 atom stereocenters. The van der Waals surface area contributed by atoms with E-state index in [9.17, 15) is 0 Å². The molecular formula is C15H27BrO. The highest BCUT2D eigenvalue weighted by molar-refractivity contribution is 9.09. The Morgan fingerprint density at radius 3 is 2.06 bits per heavy atom. The van der Waals surface area contributed by atoms with Crippen molar-refractivity contribution < 1.29 is 4.74 Å². The molecule has 17 heavy (non-hydrogen) atoms. The van der Waals surface area contributed by atoms with Crippen LogP contribution in [-0.2, 0) is 4.74 Å². The molecule has 2 heteroatoms. The molecule has 0 aromatic carbocycles. The van der Waals surface area contributed by atoms with Crippen molar-refractivity contribution in [2.45, 2.75) is 76.7 Å². The third-order valence-corrected chi connectivity index (χ3v) is 5.81. The van der Waals surface area contributed by atoms with E-state index in [0.29, 0.717) is 11.5 Å². The van der Waals surface area contributed by atoms with Crippen LogP contribution in [0.4, 0.5) is 0 Å². The molecule has 0 aromatic rings. The average molecular weight is 303 g/mol. The van der Waals surface area contributed by atoms with Crippen molar-refractivity contribution in [3.63, 3.8) is 0 Å². The van der Waals surface area contributed by atoms with Crippen molar-refractivity contribution in [1.29, 1.82) is 0 Å². The lowest BCUT2D eigenvalue weighted by atomic mass is 9.83. The monoisotopic (exact) mass is 302 g/mol. The minimum Gasteiger partial charge on any atom is -0.378 e. The highest BCUT2D eigenvalue weighted by atomic mass is 79.9. The van der Waals surface area contributed by atoms with Crippen LogP contribution < -0.4 is 0 Å². The molecule has 1 nitrogen and oxygen atoms in total. The summed E-state index contributed by atoms with van der Waals surface area (Å²) in [4.78, 5) is 0. The van der Waals surface area contributed by atoms with Crippen LogP contribution in [0.3, 0.4) is 0 Å².